The molecule has 0 bridgehead atoms. The Morgan fingerprint density at radius 2 is 1.91 bits per heavy atom. The highest BCUT2D eigenvalue weighted by molar-refractivity contribution is 7.89. The van der Waals surface area contributed by atoms with Crippen molar-refractivity contribution in [2.45, 2.75) is 23.8 Å². The summed E-state index contributed by atoms with van der Waals surface area (Å²) in [5.74, 6) is -2.00. The molecule has 1 saturated heterocycles. The molecule has 0 aliphatic carbocycles. The van der Waals surface area contributed by atoms with E-state index in [4.69, 9.17) is 11.6 Å². The van der Waals surface area contributed by atoms with Crippen molar-refractivity contribution in [3.05, 3.63) is 53.1 Å². The molecular weight excluding hydrogens is 506 g/mol. The van der Waals surface area contributed by atoms with Gasteiger partial charge < -0.3 is 4.90 Å². The zero-order valence-corrected chi connectivity index (χ0v) is 20.9. The van der Waals surface area contributed by atoms with Crippen molar-refractivity contribution >= 4 is 54.2 Å². The number of amides is 1. The molecule has 2 aromatic carbocycles. The fraction of sp³-hybridized carbons (Fsp3) is 0.364. The number of likely N-dealkylation sites (N-methyl/N-ethyl adjacent to an activating group) is 1. The maximum absolute atomic E-state index is 14.3. The quantitative estimate of drug-likeness (QED) is 0.464. The van der Waals surface area contributed by atoms with Gasteiger partial charge in [-0.3, -0.25) is 9.69 Å². The summed E-state index contributed by atoms with van der Waals surface area (Å²) in [6.45, 7) is 0.874. The van der Waals surface area contributed by atoms with E-state index < -0.39 is 33.6 Å². The van der Waals surface area contributed by atoms with E-state index in [2.05, 4.69) is 4.98 Å². The minimum Gasteiger partial charge on any atom is -0.308 e. The highest BCUT2D eigenvalue weighted by Crippen LogP contribution is 2.34. The summed E-state index contributed by atoms with van der Waals surface area (Å²) < 4.78 is 56.1. The molecular formula is C22H23ClF2N4O3S2. The molecule has 0 radical (unpaired) electrons. The summed E-state index contributed by atoms with van der Waals surface area (Å²) in [5, 5.41) is 0.601. The van der Waals surface area contributed by atoms with Gasteiger partial charge in [-0.2, -0.15) is 4.31 Å². The standard InChI is InChI=1S/C22H23ClF2N4O3S2/c1-27(2)10-11-28(22-26-20-17(25)12-15(24)13-19(20)33-22)21(30)18-4-3-9-29(18)34(31,32)16-7-5-14(23)6-8-16/h5-8,12-13,18H,3-4,9-11H2,1-2H3. The van der Waals surface area contributed by atoms with Crippen LogP contribution in [0.3, 0.4) is 0 Å². The molecule has 1 aliphatic heterocycles. The lowest BCUT2D eigenvalue weighted by molar-refractivity contribution is -0.121. The largest absolute Gasteiger partial charge is 0.308 e. The van der Waals surface area contributed by atoms with Gasteiger partial charge >= 0.3 is 0 Å². The van der Waals surface area contributed by atoms with Crippen molar-refractivity contribution < 1.29 is 22.0 Å². The molecule has 2 heterocycles. The molecule has 0 saturated carbocycles. The summed E-state index contributed by atoms with van der Waals surface area (Å²) >= 11 is 6.89. The van der Waals surface area contributed by atoms with Crippen LogP contribution in [0.1, 0.15) is 12.8 Å². The van der Waals surface area contributed by atoms with Crippen LogP contribution in [0.2, 0.25) is 5.02 Å². The Labute approximate surface area is 205 Å². The summed E-state index contributed by atoms with van der Waals surface area (Å²) in [4.78, 5) is 21.3. The Kier molecular flexibility index (Phi) is 7.20. The average Bonchev–Trinajstić information content (AvgIpc) is 3.42. The monoisotopic (exact) mass is 528 g/mol. The molecule has 1 atom stereocenters. The average molecular weight is 529 g/mol. The number of carbonyl (C=O) groups excluding carboxylic acids is 1. The number of aromatic nitrogens is 1. The topological polar surface area (TPSA) is 73.8 Å². The van der Waals surface area contributed by atoms with Gasteiger partial charge in [-0.25, -0.2) is 22.2 Å². The molecule has 0 spiro atoms. The van der Waals surface area contributed by atoms with Crippen molar-refractivity contribution in [3.63, 3.8) is 0 Å². The number of sulfonamides is 1. The van der Waals surface area contributed by atoms with Crippen molar-refractivity contribution in [3.8, 4) is 0 Å². The van der Waals surface area contributed by atoms with E-state index in [-0.39, 0.29) is 33.3 Å². The van der Waals surface area contributed by atoms with E-state index in [1.165, 1.54) is 39.5 Å². The Hall–Kier alpha value is -2.18. The molecule has 12 heteroatoms. The Bertz CT molecular complexity index is 1320. The number of hydrogen-bond acceptors (Lipinski definition) is 6. The second kappa shape index (κ2) is 9.82. The zero-order chi connectivity index (χ0) is 24.6. The maximum atomic E-state index is 14.3. The fourth-order valence-corrected chi connectivity index (χ4v) is 6.67. The van der Waals surface area contributed by atoms with Crippen LogP contribution < -0.4 is 4.90 Å². The van der Waals surface area contributed by atoms with Crippen LogP contribution in [0.15, 0.2) is 41.3 Å². The van der Waals surface area contributed by atoms with Crippen molar-refractivity contribution in [1.29, 1.82) is 0 Å². The summed E-state index contributed by atoms with van der Waals surface area (Å²) in [5.41, 5.74) is -0.0267. The third kappa shape index (κ3) is 4.94. The van der Waals surface area contributed by atoms with Crippen molar-refractivity contribution in [2.24, 2.45) is 0 Å². The second-order valence-corrected chi connectivity index (χ2v) is 11.6. The summed E-state index contributed by atoms with van der Waals surface area (Å²) in [7, 11) is -0.271. The first-order valence-electron chi connectivity index (χ1n) is 10.6. The van der Waals surface area contributed by atoms with Gasteiger partial charge in [0.1, 0.15) is 17.4 Å². The minimum atomic E-state index is -3.94. The van der Waals surface area contributed by atoms with Crippen LogP contribution in [-0.2, 0) is 14.8 Å². The Balaban J connectivity index is 1.70. The van der Waals surface area contributed by atoms with Crippen LogP contribution >= 0.6 is 22.9 Å². The first-order chi connectivity index (χ1) is 16.1. The molecule has 0 N–H and O–H groups in total. The van der Waals surface area contributed by atoms with Gasteiger partial charge in [-0.05, 0) is 57.3 Å². The molecule has 1 amide bonds. The zero-order valence-electron chi connectivity index (χ0n) is 18.5. The number of rotatable bonds is 7. The molecule has 7 nitrogen and oxygen atoms in total. The van der Waals surface area contributed by atoms with E-state index in [1.807, 2.05) is 19.0 Å². The highest BCUT2D eigenvalue weighted by atomic mass is 35.5. The normalized spacial score (nSPS) is 17.1. The van der Waals surface area contributed by atoms with Crippen LogP contribution in [-0.4, -0.2) is 68.3 Å². The highest BCUT2D eigenvalue weighted by Gasteiger charge is 2.42. The fourth-order valence-electron chi connectivity index (χ4n) is 3.86. The first kappa shape index (κ1) is 24.9. The molecule has 4 rings (SSSR count). The molecule has 3 aromatic rings. The lowest BCUT2D eigenvalue weighted by Gasteiger charge is -2.29. The van der Waals surface area contributed by atoms with E-state index >= 15 is 0 Å². The number of carbonyl (C=O) groups is 1. The molecule has 34 heavy (non-hydrogen) atoms. The molecule has 1 fully saturated rings. The van der Waals surface area contributed by atoms with Gasteiger partial charge in [0, 0.05) is 30.7 Å². The number of fused-ring (bicyclic) bond motifs is 1. The maximum Gasteiger partial charge on any atom is 0.247 e. The summed E-state index contributed by atoms with van der Waals surface area (Å²) in [6, 6.07) is 6.77. The number of halogens is 3. The number of thiazole rings is 1. The molecule has 1 aromatic heterocycles. The first-order valence-corrected chi connectivity index (χ1v) is 13.2. The third-order valence-corrected chi connectivity index (χ3v) is 8.78. The number of hydrogen-bond donors (Lipinski definition) is 0. The number of nitrogens with zero attached hydrogens (tertiary/aromatic N) is 4. The molecule has 1 aliphatic rings. The van der Waals surface area contributed by atoms with E-state index in [0.29, 0.717) is 24.4 Å². The van der Waals surface area contributed by atoms with Gasteiger partial charge in [-0.1, -0.05) is 22.9 Å². The van der Waals surface area contributed by atoms with Crippen LogP contribution in [0.4, 0.5) is 13.9 Å². The van der Waals surface area contributed by atoms with Gasteiger partial charge in [0.15, 0.2) is 10.9 Å². The Morgan fingerprint density at radius 1 is 1.21 bits per heavy atom. The van der Waals surface area contributed by atoms with Crippen LogP contribution in [0, 0.1) is 11.6 Å². The lowest BCUT2D eigenvalue weighted by Crippen LogP contribution is -2.49. The number of anilines is 1. The lowest BCUT2D eigenvalue weighted by atomic mass is 10.2. The SMILES string of the molecule is CN(C)CCN(C(=O)C1CCCN1S(=O)(=O)c1ccc(Cl)cc1)c1nc2c(F)cc(F)cc2s1. The van der Waals surface area contributed by atoms with Crippen LogP contribution in [0.25, 0.3) is 10.2 Å². The predicted molar refractivity (Wildman–Crippen MR) is 129 cm³/mol. The van der Waals surface area contributed by atoms with E-state index in [0.717, 1.165) is 17.4 Å². The smallest absolute Gasteiger partial charge is 0.247 e. The van der Waals surface area contributed by atoms with Crippen LogP contribution in [0.5, 0.6) is 0 Å². The minimum absolute atomic E-state index is 0.0267. The second-order valence-electron chi connectivity index (χ2n) is 8.25. The number of benzene rings is 2. The van der Waals surface area contributed by atoms with Crippen molar-refractivity contribution in [2.75, 3.05) is 38.6 Å². The summed E-state index contributed by atoms with van der Waals surface area (Å²) in [6.07, 6.45) is 0.864. The Morgan fingerprint density at radius 3 is 2.59 bits per heavy atom. The van der Waals surface area contributed by atoms with E-state index in [1.54, 1.807) is 0 Å². The molecule has 1 unspecified atom stereocenters. The third-order valence-electron chi connectivity index (χ3n) is 5.58. The van der Waals surface area contributed by atoms with E-state index in [9.17, 15) is 22.0 Å². The van der Waals surface area contributed by atoms with Gasteiger partial charge in [0.2, 0.25) is 15.9 Å². The molecule has 182 valence electrons. The van der Waals surface area contributed by atoms with Gasteiger partial charge in [0.05, 0.1) is 9.60 Å². The van der Waals surface area contributed by atoms with Gasteiger partial charge in [0.25, 0.3) is 0 Å². The van der Waals surface area contributed by atoms with Crippen molar-refractivity contribution in [1.82, 2.24) is 14.2 Å². The van der Waals surface area contributed by atoms with Gasteiger partial charge in [-0.15, -0.1) is 0 Å². The predicted octanol–water partition coefficient (Wildman–Crippen LogP) is 3.98.